The summed E-state index contributed by atoms with van der Waals surface area (Å²) in [5.41, 5.74) is 2.53. The average Bonchev–Trinajstić information content (AvgIpc) is 3.26. The van der Waals surface area contributed by atoms with Gasteiger partial charge in [-0.05, 0) is 29.1 Å². The molecule has 0 saturated carbocycles. The SMILES string of the molecule is O=C(Cc1ccc(F)c(F)c1)Nc1ncc(-c2ccccc2)nc1-c1cccs1. The highest BCUT2D eigenvalue weighted by Gasteiger charge is 2.15. The van der Waals surface area contributed by atoms with Crippen LogP contribution >= 0.6 is 11.3 Å². The van der Waals surface area contributed by atoms with Gasteiger partial charge >= 0.3 is 0 Å². The molecule has 4 aromatic rings. The van der Waals surface area contributed by atoms with Gasteiger partial charge in [-0.1, -0.05) is 42.5 Å². The lowest BCUT2D eigenvalue weighted by atomic mass is 10.1. The van der Waals surface area contributed by atoms with E-state index in [-0.39, 0.29) is 6.42 Å². The number of aromatic nitrogens is 2. The number of thiophene rings is 1. The summed E-state index contributed by atoms with van der Waals surface area (Å²) in [4.78, 5) is 22.4. The molecule has 2 aromatic heterocycles. The molecule has 0 aliphatic carbocycles. The first-order valence-electron chi connectivity index (χ1n) is 8.80. The van der Waals surface area contributed by atoms with Crippen LogP contribution in [0.25, 0.3) is 21.8 Å². The second kappa shape index (κ2) is 8.28. The summed E-state index contributed by atoms with van der Waals surface area (Å²) in [6, 6.07) is 16.8. The fraction of sp³-hybridized carbons (Fsp3) is 0.0455. The van der Waals surface area contributed by atoms with E-state index in [1.54, 1.807) is 6.20 Å². The molecule has 0 aliphatic heterocycles. The van der Waals surface area contributed by atoms with Crippen LogP contribution in [0.3, 0.4) is 0 Å². The van der Waals surface area contributed by atoms with Crippen molar-refractivity contribution in [3.8, 4) is 21.8 Å². The van der Waals surface area contributed by atoms with Gasteiger partial charge in [0.1, 0.15) is 5.69 Å². The lowest BCUT2D eigenvalue weighted by molar-refractivity contribution is -0.115. The summed E-state index contributed by atoms with van der Waals surface area (Å²) in [6.07, 6.45) is 1.49. The first-order valence-corrected chi connectivity index (χ1v) is 9.68. The Morgan fingerprint density at radius 3 is 2.55 bits per heavy atom. The van der Waals surface area contributed by atoms with Crippen LogP contribution in [-0.4, -0.2) is 15.9 Å². The fourth-order valence-corrected chi connectivity index (χ4v) is 3.54. The number of amides is 1. The topological polar surface area (TPSA) is 54.9 Å². The van der Waals surface area contributed by atoms with Gasteiger partial charge < -0.3 is 5.32 Å². The molecule has 4 nitrogen and oxygen atoms in total. The fourth-order valence-electron chi connectivity index (χ4n) is 2.82. The van der Waals surface area contributed by atoms with E-state index in [1.165, 1.54) is 17.4 Å². The number of halogens is 2. The summed E-state index contributed by atoms with van der Waals surface area (Å²) in [5.74, 6) is -2.01. The van der Waals surface area contributed by atoms with E-state index in [9.17, 15) is 13.6 Å². The molecule has 2 heterocycles. The van der Waals surface area contributed by atoms with Gasteiger partial charge in [-0.2, -0.15) is 0 Å². The standard InChI is InChI=1S/C22H15F2N3OS/c23-16-9-8-14(11-17(16)24)12-20(28)27-22-21(19-7-4-10-29-19)26-18(13-25-22)15-5-2-1-3-6-15/h1-11,13H,12H2,(H,25,27,28). The van der Waals surface area contributed by atoms with Crippen LogP contribution in [0.15, 0.2) is 72.2 Å². The van der Waals surface area contributed by atoms with E-state index in [0.717, 1.165) is 22.6 Å². The quantitative estimate of drug-likeness (QED) is 0.486. The number of carbonyl (C=O) groups is 1. The zero-order chi connectivity index (χ0) is 20.2. The Morgan fingerprint density at radius 2 is 1.83 bits per heavy atom. The summed E-state index contributed by atoms with van der Waals surface area (Å²) in [6.45, 7) is 0. The number of rotatable bonds is 5. The molecule has 0 radical (unpaired) electrons. The van der Waals surface area contributed by atoms with Crippen molar-refractivity contribution in [3.63, 3.8) is 0 Å². The van der Waals surface area contributed by atoms with Gasteiger partial charge in [-0.25, -0.2) is 18.7 Å². The second-order valence-corrected chi connectivity index (χ2v) is 7.22. The Labute approximate surface area is 169 Å². The molecule has 144 valence electrons. The van der Waals surface area contributed by atoms with Crippen molar-refractivity contribution < 1.29 is 13.6 Å². The van der Waals surface area contributed by atoms with Crippen molar-refractivity contribution in [2.45, 2.75) is 6.42 Å². The Balaban J connectivity index is 1.62. The summed E-state index contributed by atoms with van der Waals surface area (Å²) >= 11 is 1.48. The maximum absolute atomic E-state index is 13.4. The number of carbonyl (C=O) groups excluding carboxylic acids is 1. The van der Waals surface area contributed by atoms with Gasteiger partial charge in [0.05, 0.1) is 23.2 Å². The molecule has 29 heavy (non-hydrogen) atoms. The number of anilines is 1. The lowest BCUT2D eigenvalue weighted by Gasteiger charge is -2.11. The largest absolute Gasteiger partial charge is 0.309 e. The molecular formula is C22H15F2N3OS. The van der Waals surface area contributed by atoms with Crippen molar-refractivity contribution in [2.24, 2.45) is 0 Å². The van der Waals surface area contributed by atoms with E-state index >= 15 is 0 Å². The van der Waals surface area contributed by atoms with Crippen LogP contribution in [-0.2, 0) is 11.2 Å². The normalized spacial score (nSPS) is 10.7. The van der Waals surface area contributed by atoms with Crippen LogP contribution in [0.4, 0.5) is 14.6 Å². The zero-order valence-corrected chi connectivity index (χ0v) is 15.9. The molecule has 0 unspecified atom stereocenters. The van der Waals surface area contributed by atoms with E-state index in [0.29, 0.717) is 22.8 Å². The Kier molecular flexibility index (Phi) is 5.39. The predicted octanol–water partition coefficient (Wildman–Crippen LogP) is 5.33. The number of nitrogens with one attached hydrogen (secondary N) is 1. The summed E-state index contributed by atoms with van der Waals surface area (Å²) < 4.78 is 26.5. The zero-order valence-electron chi connectivity index (χ0n) is 15.1. The molecule has 1 amide bonds. The van der Waals surface area contributed by atoms with Crippen LogP contribution in [0, 0.1) is 11.6 Å². The highest BCUT2D eigenvalue weighted by molar-refractivity contribution is 7.13. The van der Waals surface area contributed by atoms with Crippen molar-refractivity contribution in [1.82, 2.24) is 9.97 Å². The van der Waals surface area contributed by atoms with Crippen LogP contribution < -0.4 is 5.32 Å². The van der Waals surface area contributed by atoms with Crippen molar-refractivity contribution in [3.05, 3.63) is 89.4 Å². The van der Waals surface area contributed by atoms with Crippen molar-refractivity contribution in [1.29, 1.82) is 0 Å². The third kappa shape index (κ3) is 4.35. The molecule has 0 spiro atoms. The summed E-state index contributed by atoms with van der Waals surface area (Å²) in [7, 11) is 0. The van der Waals surface area contributed by atoms with Gasteiger partial charge in [-0.15, -0.1) is 11.3 Å². The highest BCUT2D eigenvalue weighted by atomic mass is 32.1. The molecule has 0 aliphatic rings. The number of nitrogens with zero attached hydrogens (tertiary/aromatic N) is 2. The molecule has 0 saturated heterocycles. The van der Waals surface area contributed by atoms with Gasteiger partial charge in [0.25, 0.3) is 0 Å². The van der Waals surface area contributed by atoms with Gasteiger partial charge in [0.15, 0.2) is 17.5 Å². The van der Waals surface area contributed by atoms with Gasteiger partial charge in [-0.3, -0.25) is 4.79 Å². The molecule has 7 heteroatoms. The maximum Gasteiger partial charge on any atom is 0.230 e. The Morgan fingerprint density at radius 1 is 1.00 bits per heavy atom. The molecular weight excluding hydrogens is 392 g/mol. The first-order chi connectivity index (χ1) is 14.1. The predicted molar refractivity (Wildman–Crippen MR) is 109 cm³/mol. The Hall–Kier alpha value is -3.45. The Bertz CT molecular complexity index is 1150. The second-order valence-electron chi connectivity index (χ2n) is 6.27. The van der Waals surface area contributed by atoms with Crippen LogP contribution in [0.2, 0.25) is 0 Å². The minimum Gasteiger partial charge on any atom is -0.309 e. The van der Waals surface area contributed by atoms with Gasteiger partial charge in [0.2, 0.25) is 5.91 Å². The van der Waals surface area contributed by atoms with E-state index in [4.69, 9.17) is 4.98 Å². The van der Waals surface area contributed by atoms with E-state index in [2.05, 4.69) is 10.3 Å². The van der Waals surface area contributed by atoms with Gasteiger partial charge in [0, 0.05) is 5.56 Å². The lowest BCUT2D eigenvalue weighted by Crippen LogP contribution is -2.16. The minimum atomic E-state index is -0.985. The third-order valence-corrected chi connectivity index (χ3v) is 5.08. The van der Waals surface area contributed by atoms with Crippen molar-refractivity contribution in [2.75, 3.05) is 5.32 Å². The molecule has 0 bridgehead atoms. The average molecular weight is 407 g/mol. The number of hydrogen-bond acceptors (Lipinski definition) is 4. The molecule has 4 rings (SSSR count). The maximum atomic E-state index is 13.4. The van der Waals surface area contributed by atoms with Crippen LogP contribution in [0.1, 0.15) is 5.56 Å². The third-order valence-electron chi connectivity index (χ3n) is 4.20. The van der Waals surface area contributed by atoms with Crippen molar-refractivity contribution >= 4 is 23.1 Å². The molecule has 0 fully saturated rings. The summed E-state index contributed by atoms with van der Waals surface area (Å²) in [5, 5.41) is 4.65. The van der Waals surface area contributed by atoms with E-state index < -0.39 is 17.5 Å². The van der Waals surface area contributed by atoms with E-state index in [1.807, 2.05) is 47.8 Å². The molecule has 0 atom stereocenters. The minimum absolute atomic E-state index is 0.108. The number of benzene rings is 2. The highest BCUT2D eigenvalue weighted by Crippen LogP contribution is 2.30. The molecule has 1 N–H and O–H groups in total. The number of hydrogen-bond donors (Lipinski definition) is 1. The monoisotopic (exact) mass is 407 g/mol. The van der Waals surface area contributed by atoms with Crippen LogP contribution in [0.5, 0.6) is 0 Å². The first kappa shape index (κ1) is 18.9. The smallest absolute Gasteiger partial charge is 0.230 e. The molecule has 2 aromatic carbocycles.